The van der Waals surface area contributed by atoms with Crippen molar-refractivity contribution in [2.75, 3.05) is 44.6 Å². The van der Waals surface area contributed by atoms with Crippen molar-refractivity contribution in [2.24, 2.45) is 0 Å². The van der Waals surface area contributed by atoms with Crippen LogP contribution >= 0.6 is 0 Å². The summed E-state index contributed by atoms with van der Waals surface area (Å²) in [7, 11) is 0. The van der Waals surface area contributed by atoms with E-state index in [1.807, 2.05) is 42.5 Å². The number of hydrogen-bond donors (Lipinski definition) is 1. The molecule has 2 saturated heterocycles. The Morgan fingerprint density at radius 2 is 1.59 bits per heavy atom. The average Bonchev–Trinajstić information content (AvgIpc) is 2.83. The zero-order valence-corrected chi connectivity index (χ0v) is 19.0. The Bertz CT molecular complexity index is 892. The number of nitrogens with zero attached hydrogens (tertiary/aromatic N) is 3. The van der Waals surface area contributed by atoms with Crippen LogP contribution in [-0.4, -0.2) is 65.8 Å². The molecule has 0 aliphatic carbocycles. The predicted octanol–water partition coefficient (Wildman–Crippen LogP) is 3.52. The van der Waals surface area contributed by atoms with E-state index in [4.69, 9.17) is 0 Å². The first kappa shape index (κ1) is 22.5. The van der Waals surface area contributed by atoms with Crippen molar-refractivity contribution in [3.63, 3.8) is 0 Å². The molecule has 2 aliphatic rings. The highest BCUT2D eigenvalue weighted by atomic mass is 16.2. The van der Waals surface area contributed by atoms with Crippen molar-refractivity contribution < 1.29 is 9.59 Å². The molecule has 0 saturated carbocycles. The summed E-state index contributed by atoms with van der Waals surface area (Å²) in [5, 5.41) is 3.05. The summed E-state index contributed by atoms with van der Waals surface area (Å²) in [5.41, 5.74) is 2.86. The van der Waals surface area contributed by atoms with Crippen LogP contribution in [0.5, 0.6) is 0 Å². The van der Waals surface area contributed by atoms with Crippen molar-refractivity contribution in [3.05, 3.63) is 65.7 Å². The number of rotatable bonds is 7. The Morgan fingerprint density at radius 3 is 2.25 bits per heavy atom. The molecule has 2 aromatic carbocycles. The molecule has 6 nitrogen and oxygen atoms in total. The molecule has 0 radical (unpaired) electrons. The normalized spacial score (nSPS) is 19.0. The van der Waals surface area contributed by atoms with Gasteiger partial charge in [-0.1, -0.05) is 49.4 Å². The molecule has 32 heavy (non-hydrogen) atoms. The monoisotopic (exact) mass is 434 g/mol. The number of likely N-dealkylation sites (N-methyl/N-ethyl adjacent to an activating group) is 1. The first-order valence-electron chi connectivity index (χ1n) is 11.8. The molecule has 2 heterocycles. The lowest BCUT2D eigenvalue weighted by Gasteiger charge is -2.34. The van der Waals surface area contributed by atoms with E-state index >= 15 is 0 Å². The Labute approximate surface area is 191 Å². The van der Waals surface area contributed by atoms with Gasteiger partial charge in [0.2, 0.25) is 5.91 Å². The Morgan fingerprint density at radius 1 is 0.906 bits per heavy atom. The zero-order chi connectivity index (χ0) is 22.3. The van der Waals surface area contributed by atoms with E-state index < -0.39 is 6.04 Å². The van der Waals surface area contributed by atoms with Gasteiger partial charge < -0.3 is 15.1 Å². The van der Waals surface area contributed by atoms with Gasteiger partial charge in [0, 0.05) is 51.4 Å². The van der Waals surface area contributed by atoms with Crippen LogP contribution in [0.4, 0.5) is 5.69 Å². The first-order valence-corrected chi connectivity index (χ1v) is 11.8. The maximum atomic E-state index is 13.3. The first-order chi connectivity index (χ1) is 15.6. The number of benzene rings is 2. The van der Waals surface area contributed by atoms with Gasteiger partial charge in [-0.25, -0.2) is 0 Å². The molecular formula is C26H34N4O2. The number of anilines is 1. The summed E-state index contributed by atoms with van der Waals surface area (Å²) in [6, 6.07) is 17.1. The minimum absolute atomic E-state index is 0.0544. The molecule has 0 spiro atoms. The van der Waals surface area contributed by atoms with Gasteiger partial charge in [-0.3, -0.25) is 14.5 Å². The molecule has 2 aromatic rings. The number of carbonyl (C=O) groups excluding carboxylic acids is 2. The molecule has 2 amide bonds. The van der Waals surface area contributed by atoms with Crippen molar-refractivity contribution in [1.29, 1.82) is 0 Å². The molecule has 0 bridgehead atoms. The van der Waals surface area contributed by atoms with E-state index in [-0.39, 0.29) is 11.8 Å². The fraction of sp³-hybridized carbons (Fsp3) is 0.462. The smallest absolute Gasteiger partial charge is 0.251 e. The fourth-order valence-corrected chi connectivity index (χ4v) is 4.63. The third kappa shape index (κ3) is 5.56. The van der Waals surface area contributed by atoms with Crippen molar-refractivity contribution >= 4 is 17.5 Å². The number of nitrogens with one attached hydrogen (secondary N) is 1. The van der Waals surface area contributed by atoms with Gasteiger partial charge in [0.15, 0.2) is 0 Å². The summed E-state index contributed by atoms with van der Waals surface area (Å²) >= 11 is 0. The van der Waals surface area contributed by atoms with Gasteiger partial charge in [0.05, 0.1) is 0 Å². The van der Waals surface area contributed by atoms with Crippen LogP contribution in [0, 0.1) is 0 Å². The van der Waals surface area contributed by atoms with Gasteiger partial charge >= 0.3 is 0 Å². The van der Waals surface area contributed by atoms with Crippen LogP contribution < -0.4 is 5.32 Å². The topological polar surface area (TPSA) is 55.9 Å². The second-order valence-corrected chi connectivity index (χ2v) is 8.75. The van der Waals surface area contributed by atoms with Crippen LogP contribution in [0.2, 0.25) is 0 Å². The lowest BCUT2D eigenvalue weighted by molar-refractivity contribution is -0.141. The van der Waals surface area contributed by atoms with E-state index in [0.717, 1.165) is 63.4 Å². The minimum Gasteiger partial charge on any atom is -0.327 e. The molecule has 0 aromatic heterocycles. The van der Waals surface area contributed by atoms with Crippen molar-refractivity contribution in [1.82, 2.24) is 14.7 Å². The summed E-state index contributed by atoms with van der Waals surface area (Å²) in [6.07, 6.45) is 2.34. The number of hydrogen-bond acceptors (Lipinski definition) is 4. The molecule has 170 valence electrons. The maximum Gasteiger partial charge on any atom is 0.251 e. The lowest BCUT2D eigenvalue weighted by Crippen LogP contribution is -2.45. The maximum absolute atomic E-state index is 13.3. The summed E-state index contributed by atoms with van der Waals surface area (Å²) in [4.78, 5) is 32.6. The Balaban J connectivity index is 1.41. The molecule has 1 unspecified atom stereocenters. The minimum atomic E-state index is -0.599. The molecular weight excluding hydrogens is 400 g/mol. The zero-order valence-electron chi connectivity index (χ0n) is 19.0. The number of piperidine rings is 1. The van der Waals surface area contributed by atoms with E-state index in [9.17, 15) is 9.59 Å². The van der Waals surface area contributed by atoms with Crippen molar-refractivity contribution in [2.45, 2.75) is 38.8 Å². The van der Waals surface area contributed by atoms with Crippen LogP contribution in [0.25, 0.3) is 0 Å². The van der Waals surface area contributed by atoms with Gasteiger partial charge in [0.25, 0.3) is 5.91 Å². The number of carbonyl (C=O) groups is 2. The van der Waals surface area contributed by atoms with Crippen LogP contribution in [0.15, 0.2) is 54.6 Å². The summed E-state index contributed by atoms with van der Waals surface area (Å²) < 4.78 is 0. The third-order valence-electron chi connectivity index (χ3n) is 6.58. The summed E-state index contributed by atoms with van der Waals surface area (Å²) in [6.45, 7) is 9.32. The molecule has 2 fully saturated rings. The molecule has 6 heteroatoms. The SMILES string of the molecule is CCN1CCN(Cc2ccc(NC(=O)C(c3ccccc3)N3CCCCC3=O)cc2)CC1. The predicted molar refractivity (Wildman–Crippen MR) is 127 cm³/mol. The van der Waals surface area contributed by atoms with E-state index in [0.29, 0.717) is 13.0 Å². The van der Waals surface area contributed by atoms with E-state index in [1.54, 1.807) is 4.90 Å². The largest absolute Gasteiger partial charge is 0.327 e. The standard InChI is InChI=1S/C26H34N4O2/c1-2-28-16-18-29(19-17-28)20-21-11-13-23(14-12-21)27-26(32)25(22-8-4-3-5-9-22)30-15-7-6-10-24(30)31/h3-5,8-9,11-14,25H,2,6-7,10,15-20H2,1H3,(H,27,32). The van der Waals surface area contributed by atoms with E-state index in [2.05, 4.69) is 34.2 Å². The highest BCUT2D eigenvalue weighted by Gasteiger charge is 2.32. The highest BCUT2D eigenvalue weighted by Crippen LogP contribution is 2.27. The molecule has 1 atom stereocenters. The highest BCUT2D eigenvalue weighted by molar-refractivity contribution is 5.98. The van der Waals surface area contributed by atoms with Crippen LogP contribution in [-0.2, 0) is 16.1 Å². The number of amides is 2. The quantitative estimate of drug-likeness (QED) is 0.725. The second-order valence-electron chi connectivity index (χ2n) is 8.75. The third-order valence-corrected chi connectivity index (χ3v) is 6.58. The van der Waals surface area contributed by atoms with Gasteiger partial charge in [-0.15, -0.1) is 0 Å². The second kappa shape index (κ2) is 10.7. The van der Waals surface area contributed by atoms with Crippen molar-refractivity contribution in [3.8, 4) is 0 Å². The molecule has 4 rings (SSSR count). The number of likely N-dealkylation sites (tertiary alicyclic amines) is 1. The fourth-order valence-electron chi connectivity index (χ4n) is 4.63. The van der Waals surface area contributed by atoms with Gasteiger partial charge in [-0.05, 0) is 42.6 Å². The van der Waals surface area contributed by atoms with E-state index in [1.165, 1.54) is 5.56 Å². The van der Waals surface area contributed by atoms with Gasteiger partial charge in [-0.2, -0.15) is 0 Å². The Kier molecular flexibility index (Phi) is 7.55. The van der Waals surface area contributed by atoms with Crippen LogP contribution in [0.3, 0.4) is 0 Å². The Hall–Kier alpha value is -2.70. The number of piperazine rings is 1. The lowest BCUT2D eigenvalue weighted by atomic mass is 10.0. The summed E-state index contributed by atoms with van der Waals surface area (Å²) in [5.74, 6) is -0.103. The van der Waals surface area contributed by atoms with Crippen LogP contribution in [0.1, 0.15) is 43.4 Å². The van der Waals surface area contributed by atoms with Gasteiger partial charge in [0.1, 0.15) is 6.04 Å². The average molecular weight is 435 g/mol. The molecule has 1 N–H and O–H groups in total. The molecule has 2 aliphatic heterocycles.